The summed E-state index contributed by atoms with van der Waals surface area (Å²) in [7, 11) is 0. The van der Waals surface area contributed by atoms with Crippen molar-refractivity contribution < 1.29 is 9.18 Å². The molecule has 3 rings (SSSR count). The predicted molar refractivity (Wildman–Crippen MR) is 94.2 cm³/mol. The van der Waals surface area contributed by atoms with Gasteiger partial charge in [-0.1, -0.05) is 42.5 Å². The van der Waals surface area contributed by atoms with Gasteiger partial charge >= 0.3 is 0 Å². The molecule has 0 fully saturated rings. The minimum atomic E-state index is -0.216. The molecule has 0 radical (unpaired) electrons. The average molecular weight is 322 g/mol. The van der Waals surface area contributed by atoms with Crippen LogP contribution in [0.1, 0.15) is 18.4 Å². The van der Waals surface area contributed by atoms with Gasteiger partial charge in [-0.05, 0) is 36.1 Å². The molecule has 0 aliphatic heterocycles. The third-order valence-electron chi connectivity index (χ3n) is 3.89. The van der Waals surface area contributed by atoms with Gasteiger partial charge in [0, 0.05) is 24.4 Å². The summed E-state index contributed by atoms with van der Waals surface area (Å²) in [5.74, 6) is -0.204. The molecule has 0 unspecified atom stereocenters. The minimum Gasteiger partial charge on any atom is -0.366 e. The summed E-state index contributed by atoms with van der Waals surface area (Å²) in [6.07, 6.45) is 5.58. The lowest BCUT2D eigenvalue weighted by atomic mass is 10.0. The van der Waals surface area contributed by atoms with E-state index in [9.17, 15) is 9.18 Å². The molecule has 0 bridgehead atoms. The molecule has 1 amide bonds. The van der Waals surface area contributed by atoms with E-state index in [1.165, 1.54) is 6.07 Å². The number of H-pyrrole nitrogens is 1. The maximum Gasteiger partial charge on any atom is 0.224 e. The summed E-state index contributed by atoms with van der Waals surface area (Å²) < 4.78 is 13.8. The van der Waals surface area contributed by atoms with E-state index in [1.807, 2.05) is 36.4 Å². The van der Waals surface area contributed by atoms with Crippen molar-refractivity contribution >= 4 is 11.6 Å². The van der Waals surface area contributed by atoms with Gasteiger partial charge in [0.1, 0.15) is 5.82 Å². The van der Waals surface area contributed by atoms with Gasteiger partial charge in [-0.15, -0.1) is 0 Å². The summed E-state index contributed by atoms with van der Waals surface area (Å²) in [5, 5.41) is 2.83. The number of carbonyl (C=O) groups excluding carboxylic acids is 1. The number of rotatable bonds is 6. The number of nitrogens with one attached hydrogen (secondary N) is 2. The first-order valence-electron chi connectivity index (χ1n) is 7.99. The monoisotopic (exact) mass is 322 g/mol. The Kier molecular flexibility index (Phi) is 5.06. The van der Waals surface area contributed by atoms with Gasteiger partial charge in [-0.2, -0.15) is 0 Å². The van der Waals surface area contributed by atoms with Crippen molar-refractivity contribution in [2.45, 2.75) is 19.3 Å². The normalized spacial score (nSPS) is 10.5. The quantitative estimate of drug-likeness (QED) is 0.674. The number of aromatic amines is 1. The van der Waals surface area contributed by atoms with Crippen LogP contribution in [0.5, 0.6) is 0 Å². The Morgan fingerprint density at radius 2 is 1.83 bits per heavy atom. The largest absolute Gasteiger partial charge is 0.366 e. The van der Waals surface area contributed by atoms with Crippen LogP contribution in [0.2, 0.25) is 0 Å². The molecule has 0 spiro atoms. The molecule has 3 nitrogen and oxygen atoms in total. The van der Waals surface area contributed by atoms with Gasteiger partial charge < -0.3 is 10.3 Å². The highest BCUT2D eigenvalue weighted by Gasteiger charge is 2.05. The predicted octanol–water partition coefficient (Wildman–Crippen LogP) is 4.78. The van der Waals surface area contributed by atoms with Gasteiger partial charge in [-0.25, -0.2) is 4.39 Å². The third-order valence-corrected chi connectivity index (χ3v) is 3.89. The first kappa shape index (κ1) is 16.0. The summed E-state index contributed by atoms with van der Waals surface area (Å²) >= 11 is 0. The second kappa shape index (κ2) is 7.59. The van der Waals surface area contributed by atoms with Crippen LogP contribution in [-0.4, -0.2) is 10.9 Å². The van der Waals surface area contributed by atoms with Crippen LogP contribution in [0, 0.1) is 5.82 Å². The van der Waals surface area contributed by atoms with Gasteiger partial charge in [0.15, 0.2) is 0 Å². The highest BCUT2D eigenvalue weighted by molar-refractivity contribution is 5.90. The molecule has 122 valence electrons. The van der Waals surface area contributed by atoms with E-state index in [1.54, 1.807) is 24.5 Å². The van der Waals surface area contributed by atoms with E-state index < -0.39 is 0 Å². The number of carbonyl (C=O) groups is 1. The molecule has 2 aromatic carbocycles. The lowest BCUT2D eigenvalue weighted by Gasteiger charge is -2.06. The topological polar surface area (TPSA) is 44.9 Å². The second-order valence-corrected chi connectivity index (χ2v) is 5.68. The first-order chi connectivity index (χ1) is 11.7. The summed E-state index contributed by atoms with van der Waals surface area (Å²) in [5.41, 5.74) is 3.40. The zero-order valence-corrected chi connectivity index (χ0v) is 13.3. The van der Waals surface area contributed by atoms with E-state index in [0.29, 0.717) is 12.0 Å². The summed E-state index contributed by atoms with van der Waals surface area (Å²) in [6.45, 7) is 0. The van der Waals surface area contributed by atoms with E-state index >= 15 is 0 Å². The lowest BCUT2D eigenvalue weighted by Crippen LogP contribution is -2.10. The Hall–Kier alpha value is -2.88. The molecule has 24 heavy (non-hydrogen) atoms. The maximum atomic E-state index is 13.8. The van der Waals surface area contributed by atoms with Gasteiger partial charge in [0.05, 0.1) is 5.69 Å². The molecule has 0 aliphatic carbocycles. The minimum absolute atomic E-state index is 0.0116. The molecule has 1 aromatic heterocycles. The van der Waals surface area contributed by atoms with Gasteiger partial charge in [-0.3, -0.25) is 4.79 Å². The fourth-order valence-electron chi connectivity index (χ4n) is 2.62. The van der Waals surface area contributed by atoms with Crippen molar-refractivity contribution in [3.8, 4) is 11.1 Å². The average Bonchev–Trinajstić information content (AvgIpc) is 3.09. The second-order valence-electron chi connectivity index (χ2n) is 5.68. The zero-order valence-electron chi connectivity index (χ0n) is 13.3. The fraction of sp³-hybridized carbons (Fsp3) is 0.150. The molecule has 3 aromatic rings. The van der Waals surface area contributed by atoms with Crippen LogP contribution in [0.25, 0.3) is 11.1 Å². The Bertz CT molecular complexity index is 795. The zero-order chi connectivity index (χ0) is 16.8. The molecular formula is C20H19FN2O. The van der Waals surface area contributed by atoms with E-state index in [0.717, 1.165) is 29.7 Å². The molecule has 4 heteroatoms. The van der Waals surface area contributed by atoms with Crippen molar-refractivity contribution in [2.75, 3.05) is 5.32 Å². The van der Waals surface area contributed by atoms with Crippen molar-refractivity contribution in [3.05, 3.63) is 78.4 Å². The van der Waals surface area contributed by atoms with Crippen molar-refractivity contribution in [1.29, 1.82) is 0 Å². The Morgan fingerprint density at radius 1 is 1.04 bits per heavy atom. The van der Waals surface area contributed by atoms with E-state index in [4.69, 9.17) is 0 Å². The Morgan fingerprint density at radius 3 is 2.54 bits per heavy atom. The molecule has 0 saturated heterocycles. The van der Waals surface area contributed by atoms with Crippen molar-refractivity contribution in [1.82, 2.24) is 4.98 Å². The maximum absolute atomic E-state index is 13.8. The van der Waals surface area contributed by atoms with Gasteiger partial charge in [0.2, 0.25) is 5.91 Å². The van der Waals surface area contributed by atoms with Crippen LogP contribution in [0.15, 0.2) is 67.0 Å². The van der Waals surface area contributed by atoms with Crippen molar-refractivity contribution in [3.63, 3.8) is 0 Å². The molecule has 0 saturated carbocycles. The van der Waals surface area contributed by atoms with Crippen LogP contribution < -0.4 is 5.32 Å². The van der Waals surface area contributed by atoms with Crippen LogP contribution in [-0.2, 0) is 11.2 Å². The molecule has 0 atom stereocenters. The molecular weight excluding hydrogens is 303 g/mol. The number of halogens is 1. The molecule has 0 aliphatic rings. The third kappa shape index (κ3) is 4.10. The number of aryl methyl sites for hydroxylation is 1. The van der Waals surface area contributed by atoms with Crippen LogP contribution in [0.3, 0.4) is 0 Å². The number of benzene rings is 2. The van der Waals surface area contributed by atoms with Gasteiger partial charge in [0.25, 0.3) is 0 Å². The standard InChI is InChI=1S/C20H19FN2O/c21-19-6-2-1-5-18(19)16-10-8-15(9-11-16)4-3-7-20(24)23-17-12-13-22-14-17/h1-2,5-6,8-14,22H,3-4,7H2,(H,23,24). The summed E-state index contributed by atoms with van der Waals surface area (Å²) in [4.78, 5) is 14.7. The van der Waals surface area contributed by atoms with Crippen LogP contribution in [0.4, 0.5) is 10.1 Å². The number of anilines is 1. The number of aromatic nitrogens is 1. The SMILES string of the molecule is O=C(CCCc1ccc(-c2ccccc2F)cc1)Nc1cc[nH]c1. The lowest BCUT2D eigenvalue weighted by molar-refractivity contribution is -0.116. The molecule has 1 heterocycles. The molecule has 2 N–H and O–H groups in total. The number of hydrogen-bond acceptors (Lipinski definition) is 1. The number of hydrogen-bond donors (Lipinski definition) is 2. The first-order valence-corrected chi connectivity index (χ1v) is 7.99. The highest BCUT2D eigenvalue weighted by Crippen LogP contribution is 2.23. The number of amides is 1. The fourth-order valence-corrected chi connectivity index (χ4v) is 2.62. The summed E-state index contributed by atoms with van der Waals surface area (Å²) in [6, 6.07) is 16.4. The van der Waals surface area contributed by atoms with E-state index in [2.05, 4.69) is 10.3 Å². The Labute approximate surface area is 140 Å². The Balaban J connectivity index is 1.51. The highest BCUT2D eigenvalue weighted by atomic mass is 19.1. The van der Waals surface area contributed by atoms with Crippen LogP contribution >= 0.6 is 0 Å². The van der Waals surface area contributed by atoms with Crippen molar-refractivity contribution in [2.24, 2.45) is 0 Å². The smallest absolute Gasteiger partial charge is 0.224 e. The van der Waals surface area contributed by atoms with E-state index in [-0.39, 0.29) is 11.7 Å².